The first-order valence-corrected chi connectivity index (χ1v) is 7.69. The third-order valence-electron chi connectivity index (χ3n) is 4.26. The highest BCUT2D eigenvalue weighted by molar-refractivity contribution is 5.76. The first-order valence-electron chi connectivity index (χ1n) is 7.69. The van der Waals surface area contributed by atoms with Gasteiger partial charge in [-0.1, -0.05) is 6.92 Å². The van der Waals surface area contributed by atoms with Crippen molar-refractivity contribution in [2.45, 2.75) is 19.5 Å². The molecule has 0 radical (unpaired) electrons. The molecule has 1 saturated heterocycles. The largest absolute Gasteiger partial charge is 0.347 e. The van der Waals surface area contributed by atoms with Crippen LogP contribution < -0.4 is 5.69 Å². The standard InChI is InChI=1S/C14H21N7O2/c1-3-19-6-7-20(8-11(19)13-15-4-5-16-13)12(22)9-21-14(23)18(2)10-17-21/h4-5,10-11H,3,6-9H2,1-2H3,(H,15,16). The number of imidazole rings is 1. The summed E-state index contributed by atoms with van der Waals surface area (Å²) in [5.74, 6) is 0.762. The predicted octanol–water partition coefficient (Wildman–Crippen LogP) is -0.790. The monoisotopic (exact) mass is 319 g/mol. The number of aromatic nitrogens is 5. The Labute approximate surface area is 133 Å². The molecule has 3 rings (SSSR count). The highest BCUT2D eigenvalue weighted by Crippen LogP contribution is 2.22. The van der Waals surface area contributed by atoms with Crippen molar-refractivity contribution in [2.24, 2.45) is 7.05 Å². The molecule has 1 atom stereocenters. The van der Waals surface area contributed by atoms with E-state index in [1.807, 2.05) is 0 Å². The van der Waals surface area contributed by atoms with E-state index >= 15 is 0 Å². The zero-order valence-electron chi connectivity index (χ0n) is 13.3. The van der Waals surface area contributed by atoms with Gasteiger partial charge in [-0.25, -0.2) is 14.5 Å². The molecule has 1 aliphatic heterocycles. The fraction of sp³-hybridized carbons (Fsp3) is 0.571. The second-order valence-corrected chi connectivity index (χ2v) is 5.64. The molecule has 0 aliphatic carbocycles. The Morgan fingerprint density at radius 1 is 1.43 bits per heavy atom. The maximum Gasteiger partial charge on any atom is 0.345 e. The van der Waals surface area contributed by atoms with Gasteiger partial charge in [-0.05, 0) is 6.54 Å². The van der Waals surface area contributed by atoms with Crippen LogP contribution >= 0.6 is 0 Å². The first kappa shape index (κ1) is 15.5. The summed E-state index contributed by atoms with van der Waals surface area (Å²) < 4.78 is 2.55. The Bertz CT molecular complexity index is 718. The molecule has 0 spiro atoms. The van der Waals surface area contributed by atoms with Crippen LogP contribution in [0.4, 0.5) is 0 Å². The van der Waals surface area contributed by atoms with E-state index in [2.05, 4.69) is 26.9 Å². The molecule has 124 valence electrons. The van der Waals surface area contributed by atoms with Crippen LogP contribution in [-0.2, 0) is 18.4 Å². The fourth-order valence-corrected chi connectivity index (χ4v) is 2.90. The van der Waals surface area contributed by atoms with Gasteiger partial charge in [-0.2, -0.15) is 5.10 Å². The van der Waals surface area contributed by atoms with Gasteiger partial charge in [0.25, 0.3) is 0 Å². The molecule has 23 heavy (non-hydrogen) atoms. The van der Waals surface area contributed by atoms with E-state index in [0.717, 1.165) is 18.9 Å². The van der Waals surface area contributed by atoms with Crippen LogP contribution in [0.15, 0.2) is 23.5 Å². The van der Waals surface area contributed by atoms with E-state index in [1.165, 1.54) is 15.6 Å². The van der Waals surface area contributed by atoms with E-state index in [1.54, 1.807) is 24.3 Å². The number of nitrogens with one attached hydrogen (secondary N) is 1. The van der Waals surface area contributed by atoms with Crippen molar-refractivity contribution in [2.75, 3.05) is 26.2 Å². The van der Waals surface area contributed by atoms with Gasteiger partial charge in [-0.3, -0.25) is 14.3 Å². The highest BCUT2D eigenvalue weighted by atomic mass is 16.2. The van der Waals surface area contributed by atoms with Crippen molar-refractivity contribution in [3.05, 3.63) is 35.0 Å². The second kappa shape index (κ2) is 6.37. The van der Waals surface area contributed by atoms with Gasteiger partial charge in [0.2, 0.25) is 5.91 Å². The molecule has 0 aromatic carbocycles. The molecular formula is C14H21N7O2. The lowest BCUT2D eigenvalue weighted by molar-refractivity contribution is -0.135. The van der Waals surface area contributed by atoms with E-state index in [-0.39, 0.29) is 24.2 Å². The van der Waals surface area contributed by atoms with Crippen LogP contribution in [0, 0.1) is 0 Å². The zero-order chi connectivity index (χ0) is 16.4. The van der Waals surface area contributed by atoms with Crippen LogP contribution in [0.3, 0.4) is 0 Å². The van der Waals surface area contributed by atoms with Crippen molar-refractivity contribution < 1.29 is 4.79 Å². The molecule has 1 unspecified atom stereocenters. The quantitative estimate of drug-likeness (QED) is 0.797. The summed E-state index contributed by atoms with van der Waals surface area (Å²) in [5, 5.41) is 3.94. The Hall–Kier alpha value is -2.42. The lowest BCUT2D eigenvalue weighted by atomic mass is 10.1. The summed E-state index contributed by atoms with van der Waals surface area (Å²) in [5.41, 5.74) is -0.284. The summed E-state index contributed by atoms with van der Waals surface area (Å²) in [4.78, 5) is 35.8. The SMILES string of the molecule is CCN1CCN(C(=O)Cn2ncn(C)c2=O)CC1c1ncc[nH]1. The van der Waals surface area contributed by atoms with E-state index < -0.39 is 0 Å². The van der Waals surface area contributed by atoms with E-state index in [0.29, 0.717) is 13.1 Å². The van der Waals surface area contributed by atoms with Crippen LogP contribution in [0.1, 0.15) is 18.8 Å². The summed E-state index contributed by atoms with van der Waals surface area (Å²) in [6.07, 6.45) is 4.92. The number of aromatic amines is 1. The number of likely N-dealkylation sites (N-methyl/N-ethyl adjacent to an activating group) is 1. The summed E-state index contributed by atoms with van der Waals surface area (Å²) in [6, 6.07) is 0.0492. The van der Waals surface area contributed by atoms with Crippen LogP contribution in [0.2, 0.25) is 0 Å². The molecule has 0 bridgehead atoms. The molecule has 1 fully saturated rings. The number of piperazine rings is 1. The van der Waals surface area contributed by atoms with E-state index in [4.69, 9.17) is 0 Å². The molecule has 2 aromatic rings. The van der Waals surface area contributed by atoms with Crippen molar-refractivity contribution in [3.63, 3.8) is 0 Å². The number of H-pyrrole nitrogens is 1. The molecule has 1 N–H and O–H groups in total. The average molecular weight is 319 g/mol. The third-order valence-corrected chi connectivity index (χ3v) is 4.26. The molecule has 9 heteroatoms. The topological polar surface area (TPSA) is 92.1 Å². The molecule has 2 aromatic heterocycles. The fourth-order valence-electron chi connectivity index (χ4n) is 2.90. The van der Waals surface area contributed by atoms with Gasteiger partial charge in [0.15, 0.2) is 0 Å². The Kier molecular flexibility index (Phi) is 4.28. The summed E-state index contributed by atoms with van der Waals surface area (Å²) in [6.45, 7) is 4.95. The third kappa shape index (κ3) is 3.04. The van der Waals surface area contributed by atoms with Gasteiger partial charge in [0.1, 0.15) is 18.7 Å². The number of rotatable bonds is 4. The van der Waals surface area contributed by atoms with Gasteiger partial charge >= 0.3 is 5.69 Å². The molecule has 1 aliphatic rings. The molecular weight excluding hydrogens is 298 g/mol. The minimum atomic E-state index is -0.284. The number of aryl methyl sites for hydroxylation is 1. The molecule has 0 saturated carbocycles. The molecule has 3 heterocycles. The lowest BCUT2D eigenvalue weighted by Gasteiger charge is -2.40. The average Bonchev–Trinajstić information content (AvgIpc) is 3.20. The highest BCUT2D eigenvalue weighted by Gasteiger charge is 2.31. The Balaban J connectivity index is 1.72. The van der Waals surface area contributed by atoms with Gasteiger partial charge in [0, 0.05) is 39.1 Å². The summed E-state index contributed by atoms with van der Waals surface area (Å²) in [7, 11) is 1.61. The maximum atomic E-state index is 12.5. The minimum absolute atomic E-state index is 0.0311. The predicted molar refractivity (Wildman–Crippen MR) is 82.6 cm³/mol. The van der Waals surface area contributed by atoms with Crippen LogP contribution in [0.5, 0.6) is 0 Å². The maximum absolute atomic E-state index is 12.5. The molecule has 1 amide bonds. The minimum Gasteiger partial charge on any atom is -0.347 e. The number of hydrogen-bond donors (Lipinski definition) is 1. The van der Waals surface area contributed by atoms with Crippen molar-refractivity contribution in [1.82, 2.24) is 34.1 Å². The van der Waals surface area contributed by atoms with E-state index in [9.17, 15) is 9.59 Å². The number of carbonyl (C=O) groups excluding carboxylic acids is 1. The number of hydrogen-bond acceptors (Lipinski definition) is 5. The normalized spacial score (nSPS) is 19.2. The van der Waals surface area contributed by atoms with Gasteiger partial charge in [0.05, 0.1) is 6.04 Å². The van der Waals surface area contributed by atoms with Gasteiger partial charge < -0.3 is 9.88 Å². The first-order chi connectivity index (χ1) is 11.1. The molecule has 9 nitrogen and oxygen atoms in total. The summed E-state index contributed by atoms with van der Waals surface area (Å²) >= 11 is 0. The number of carbonyl (C=O) groups is 1. The van der Waals surface area contributed by atoms with Crippen molar-refractivity contribution in [3.8, 4) is 0 Å². The Morgan fingerprint density at radius 2 is 2.26 bits per heavy atom. The Morgan fingerprint density at radius 3 is 2.87 bits per heavy atom. The van der Waals surface area contributed by atoms with Crippen LogP contribution in [-0.4, -0.2) is 66.2 Å². The number of nitrogens with zero attached hydrogens (tertiary/aromatic N) is 6. The van der Waals surface area contributed by atoms with Crippen molar-refractivity contribution >= 4 is 5.91 Å². The van der Waals surface area contributed by atoms with Crippen LogP contribution in [0.25, 0.3) is 0 Å². The lowest BCUT2D eigenvalue weighted by Crippen LogP contribution is -2.51. The zero-order valence-corrected chi connectivity index (χ0v) is 13.3. The second-order valence-electron chi connectivity index (χ2n) is 5.64. The van der Waals surface area contributed by atoms with Gasteiger partial charge in [-0.15, -0.1) is 0 Å². The number of amides is 1. The van der Waals surface area contributed by atoms with Crippen molar-refractivity contribution in [1.29, 1.82) is 0 Å². The smallest absolute Gasteiger partial charge is 0.345 e.